The molecule has 0 aliphatic rings. The number of amides is 1. The van der Waals surface area contributed by atoms with E-state index in [1.54, 1.807) is 7.11 Å². The van der Waals surface area contributed by atoms with Crippen LogP contribution in [0.3, 0.4) is 0 Å². The molecule has 118 valence electrons. The third-order valence-corrected chi connectivity index (χ3v) is 3.25. The number of hydrogen-bond donors (Lipinski definition) is 2. The molecular formula is C18H17NO4. The topological polar surface area (TPSA) is 75.6 Å². The predicted octanol–water partition coefficient (Wildman–Crippen LogP) is 2.54. The molecule has 2 N–H and O–H groups in total. The molecule has 2 aromatic carbocycles. The number of rotatable bonds is 6. The highest BCUT2D eigenvalue weighted by molar-refractivity contribution is 5.94. The molecule has 0 heterocycles. The molecule has 0 aliphatic carbocycles. The zero-order valence-electron chi connectivity index (χ0n) is 12.6. The first-order chi connectivity index (χ1) is 11.1. The smallest absolute Gasteiger partial charge is 0.328 e. The van der Waals surface area contributed by atoms with E-state index in [2.05, 4.69) is 5.32 Å². The first-order valence-corrected chi connectivity index (χ1v) is 7.00. The van der Waals surface area contributed by atoms with Gasteiger partial charge in [-0.05, 0) is 23.3 Å². The average molecular weight is 311 g/mol. The molecule has 1 amide bonds. The van der Waals surface area contributed by atoms with Crippen molar-refractivity contribution in [3.8, 4) is 5.75 Å². The van der Waals surface area contributed by atoms with Crippen LogP contribution in [0.25, 0.3) is 0 Å². The standard InChI is InChI=1S/C18H17NO4/c1-23-15-9-7-14(8-10-15)18(13-5-3-2-4-6-13)19-16(20)11-12-17(21)22/h2-12,18H,1H3,(H,19,20)(H,21,22)/b12-11-. The molecule has 2 aromatic rings. The number of methoxy groups -OCH3 is 1. The Bertz CT molecular complexity index is 693. The summed E-state index contributed by atoms with van der Waals surface area (Å²) in [6.45, 7) is 0. The van der Waals surface area contributed by atoms with Crippen molar-refractivity contribution in [3.05, 3.63) is 77.9 Å². The largest absolute Gasteiger partial charge is 0.497 e. The Labute approximate surface area is 134 Å². The van der Waals surface area contributed by atoms with Crippen LogP contribution in [0.4, 0.5) is 0 Å². The van der Waals surface area contributed by atoms with Gasteiger partial charge in [-0.15, -0.1) is 0 Å². The van der Waals surface area contributed by atoms with Gasteiger partial charge in [-0.2, -0.15) is 0 Å². The maximum absolute atomic E-state index is 11.9. The molecule has 1 atom stereocenters. The number of benzene rings is 2. The van der Waals surface area contributed by atoms with E-state index < -0.39 is 11.9 Å². The van der Waals surface area contributed by atoms with E-state index in [1.165, 1.54) is 0 Å². The summed E-state index contributed by atoms with van der Waals surface area (Å²) in [5.74, 6) is -0.921. The normalized spacial score (nSPS) is 11.9. The zero-order chi connectivity index (χ0) is 16.7. The van der Waals surface area contributed by atoms with Gasteiger partial charge in [0.2, 0.25) is 5.91 Å². The monoisotopic (exact) mass is 311 g/mol. The van der Waals surface area contributed by atoms with Crippen LogP contribution in [0.15, 0.2) is 66.7 Å². The van der Waals surface area contributed by atoms with E-state index in [-0.39, 0.29) is 6.04 Å². The van der Waals surface area contributed by atoms with Crippen molar-refractivity contribution in [1.82, 2.24) is 5.32 Å². The number of carboxylic acid groups (broad SMARTS) is 1. The van der Waals surface area contributed by atoms with Gasteiger partial charge in [-0.3, -0.25) is 4.79 Å². The van der Waals surface area contributed by atoms with Gasteiger partial charge < -0.3 is 15.2 Å². The highest BCUT2D eigenvalue weighted by Crippen LogP contribution is 2.24. The molecule has 0 aliphatic heterocycles. The van der Waals surface area contributed by atoms with Crippen LogP contribution in [-0.2, 0) is 9.59 Å². The Morgan fingerprint density at radius 1 is 1.00 bits per heavy atom. The molecule has 0 aromatic heterocycles. The quantitative estimate of drug-likeness (QED) is 0.804. The lowest BCUT2D eigenvalue weighted by atomic mass is 9.98. The van der Waals surface area contributed by atoms with Crippen molar-refractivity contribution in [3.63, 3.8) is 0 Å². The van der Waals surface area contributed by atoms with Crippen LogP contribution in [0.2, 0.25) is 0 Å². The highest BCUT2D eigenvalue weighted by atomic mass is 16.5. The van der Waals surface area contributed by atoms with Crippen LogP contribution in [0, 0.1) is 0 Å². The molecule has 2 rings (SSSR count). The Balaban J connectivity index is 2.28. The Hall–Kier alpha value is -3.08. The van der Waals surface area contributed by atoms with Gasteiger partial charge in [0, 0.05) is 12.2 Å². The molecule has 0 fully saturated rings. The van der Waals surface area contributed by atoms with Crippen molar-refractivity contribution in [2.24, 2.45) is 0 Å². The minimum absolute atomic E-state index is 0.381. The van der Waals surface area contributed by atoms with Crippen LogP contribution >= 0.6 is 0 Å². The molecule has 1 unspecified atom stereocenters. The van der Waals surface area contributed by atoms with Crippen molar-refractivity contribution >= 4 is 11.9 Å². The van der Waals surface area contributed by atoms with Gasteiger partial charge in [-0.1, -0.05) is 42.5 Å². The fraction of sp³-hybridized carbons (Fsp3) is 0.111. The number of aliphatic carboxylic acids is 1. The summed E-state index contributed by atoms with van der Waals surface area (Å²) in [7, 11) is 1.59. The van der Waals surface area contributed by atoms with Crippen LogP contribution in [0.5, 0.6) is 5.75 Å². The Kier molecular flexibility index (Phi) is 5.52. The van der Waals surface area contributed by atoms with Crippen molar-refractivity contribution in [1.29, 1.82) is 0 Å². The number of carbonyl (C=O) groups excluding carboxylic acids is 1. The summed E-state index contributed by atoms with van der Waals surface area (Å²) in [4.78, 5) is 22.5. The summed E-state index contributed by atoms with van der Waals surface area (Å²) in [5.41, 5.74) is 1.77. The lowest BCUT2D eigenvalue weighted by Gasteiger charge is -2.19. The molecule has 23 heavy (non-hydrogen) atoms. The number of nitrogens with one attached hydrogen (secondary N) is 1. The fourth-order valence-electron chi connectivity index (χ4n) is 2.14. The Morgan fingerprint density at radius 2 is 1.61 bits per heavy atom. The van der Waals surface area contributed by atoms with Crippen molar-refractivity contribution < 1.29 is 19.4 Å². The van der Waals surface area contributed by atoms with E-state index in [1.807, 2.05) is 54.6 Å². The maximum Gasteiger partial charge on any atom is 0.328 e. The predicted molar refractivity (Wildman–Crippen MR) is 86.2 cm³/mol. The van der Waals surface area contributed by atoms with E-state index >= 15 is 0 Å². The lowest BCUT2D eigenvalue weighted by molar-refractivity contribution is -0.131. The molecule has 0 saturated carbocycles. The number of ether oxygens (including phenoxy) is 1. The fourth-order valence-corrected chi connectivity index (χ4v) is 2.14. The average Bonchev–Trinajstić information content (AvgIpc) is 2.59. The van der Waals surface area contributed by atoms with Gasteiger partial charge in [-0.25, -0.2) is 4.79 Å². The second-order valence-corrected chi connectivity index (χ2v) is 4.80. The summed E-state index contributed by atoms with van der Waals surface area (Å²) in [6.07, 6.45) is 1.81. The molecular weight excluding hydrogens is 294 g/mol. The molecule has 0 bridgehead atoms. The molecule has 0 radical (unpaired) electrons. The molecule has 0 saturated heterocycles. The Morgan fingerprint density at radius 3 is 2.17 bits per heavy atom. The van der Waals surface area contributed by atoms with Crippen LogP contribution < -0.4 is 10.1 Å². The van der Waals surface area contributed by atoms with Gasteiger partial charge >= 0.3 is 5.97 Å². The third-order valence-electron chi connectivity index (χ3n) is 3.25. The molecule has 5 nitrogen and oxygen atoms in total. The van der Waals surface area contributed by atoms with Gasteiger partial charge in [0.15, 0.2) is 0 Å². The summed E-state index contributed by atoms with van der Waals surface area (Å²) in [6, 6.07) is 16.4. The summed E-state index contributed by atoms with van der Waals surface area (Å²) in [5, 5.41) is 11.4. The number of carboxylic acids is 1. The maximum atomic E-state index is 11.9. The second-order valence-electron chi connectivity index (χ2n) is 4.80. The second kappa shape index (κ2) is 7.79. The van der Waals surface area contributed by atoms with Gasteiger partial charge in [0.05, 0.1) is 13.2 Å². The van der Waals surface area contributed by atoms with Gasteiger partial charge in [0.1, 0.15) is 5.75 Å². The third kappa shape index (κ3) is 4.71. The van der Waals surface area contributed by atoms with Crippen molar-refractivity contribution in [2.45, 2.75) is 6.04 Å². The minimum Gasteiger partial charge on any atom is -0.497 e. The minimum atomic E-state index is -1.17. The van der Waals surface area contributed by atoms with Crippen LogP contribution in [0.1, 0.15) is 17.2 Å². The number of carbonyl (C=O) groups is 2. The molecule has 5 heteroatoms. The van der Waals surface area contributed by atoms with E-state index in [0.29, 0.717) is 0 Å². The SMILES string of the molecule is COc1ccc(C(NC(=O)/C=C\C(=O)O)c2ccccc2)cc1. The van der Waals surface area contributed by atoms with Crippen molar-refractivity contribution in [2.75, 3.05) is 7.11 Å². The molecule has 0 spiro atoms. The van der Waals surface area contributed by atoms with Gasteiger partial charge in [0.25, 0.3) is 0 Å². The first-order valence-electron chi connectivity index (χ1n) is 7.00. The highest BCUT2D eigenvalue weighted by Gasteiger charge is 2.15. The number of hydrogen-bond acceptors (Lipinski definition) is 3. The van der Waals surface area contributed by atoms with E-state index in [9.17, 15) is 9.59 Å². The van der Waals surface area contributed by atoms with E-state index in [4.69, 9.17) is 9.84 Å². The lowest BCUT2D eigenvalue weighted by Crippen LogP contribution is -2.27. The summed E-state index contributed by atoms with van der Waals surface area (Å²) < 4.78 is 5.14. The summed E-state index contributed by atoms with van der Waals surface area (Å²) >= 11 is 0. The van der Waals surface area contributed by atoms with E-state index in [0.717, 1.165) is 29.0 Å². The first kappa shape index (κ1) is 16.3. The van der Waals surface area contributed by atoms with Crippen LogP contribution in [-0.4, -0.2) is 24.1 Å². The zero-order valence-corrected chi connectivity index (χ0v) is 12.6.